The average Bonchev–Trinajstić information content (AvgIpc) is 3.72. The van der Waals surface area contributed by atoms with E-state index in [0.717, 1.165) is 18.2 Å². The van der Waals surface area contributed by atoms with E-state index < -0.39 is 79.0 Å². The zero-order valence-electron chi connectivity index (χ0n) is 34.4. The van der Waals surface area contributed by atoms with Crippen LogP contribution in [0, 0.1) is 5.82 Å². The number of alkyl halides is 4. The Kier molecular flexibility index (Phi) is 12.1. The molecule has 0 aromatic heterocycles. The van der Waals surface area contributed by atoms with Gasteiger partial charge < -0.3 is 28.6 Å². The van der Waals surface area contributed by atoms with E-state index in [-0.39, 0.29) is 85.4 Å². The maximum atomic E-state index is 15.6. The van der Waals surface area contributed by atoms with Gasteiger partial charge in [0.05, 0.1) is 65.2 Å². The third kappa shape index (κ3) is 8.23. The molecule has 65 heavy (non-hydrogen) atoms. The largest absolute Gasteiger partial charge is 0.492 e. The molecule has 0 saturated carbocycles. The molecule has 6 aromatic carbocycles. The summed E-state index contributed by atoms with van der Waals surface area (Å²) >= 11 is 6.62. The molecule has 3 amide bonds. The summed E-state index contributed by atoms with van der Waals surface area (Å²) < 4.78 is 96.7. The van der Waals surface area contributed by atoms with Crippen LogP contribution in [0.25, 0.3) is 21.5 Å². The summed E-state index contributed by atoms with van der Waals surface area (Å²) in [5.41, 5.74) is -0.772. The molecule has 0 N–H and O–H groups in total. The summed E-state index contributed by atoms with van der Waals surface area (Å²) in [4.78, 5) is 69.3. The van der Waals surface area contributed by atoms with Gasteiger partial charge in [-0.3, -0.25) is 24.0 Å². The van der Waals surface area contributed by atoms with Gasteiger partial charge in [-0.05, 0) is 56.2 Å². The minimum absolute atomic E-state index is 0.00318. The molecule has 2 aliphatic rings. The Morgan fingerprint density at radius 2 is 1.23 bits per heavy atom. The summed E-state index contributed by atoms with van der Waals surface area (Å²) in [7, 11) is 0. The molecular formula is C47H34ClF5N2O10. The van der Waals surface area contributed by atoms with Crippen LogP contribution in [0.15, 0.2) is 84.9 Å². The van der Waals surface area contributed by atoms with E-state index in [1.54, 1.807) is 51.1 Å². The van der Waals surface area contributed by atoms with Crippen LogP contribution < -0.4 is 28.7 Å². The number of esters is 2. The first-order valence-electron chi connectivity index (χ1n) is 19.9. The van der Waals surface area contributed by atoms with Crippen LogP contribution in [-0.4, -0.2) is 55.6 Å². The highest BCUT2D eigenvalue weighted by molar-refractivity contribution is 6.38. The minimum atomic E-state index is -3.36. The molecule has 0 bridgehead atoms. The first kappa shape index (κ1) is 44.3. The molecule has 334 valence electrons. The van der Waals surface area contributed by atoms with Crippen molar-refractivity contribution in [2.45, 2.75) is 59.5 Å². The topological polar surface area (TPSA) is 138 Å². The normalized spacial score (nSPS) is 13.4. The van der Waals surface area contributed by atoms with Gasteiger partial charge in [0.15, 0.2) is 0 Å². The van der Waals surface area contributed by atoms with E-state index in [0.29, 0.717) is 15.7 Å². The van der Waals surface area contributed by atoms with Gasteiger partial charge in [-0.25, -0.2) is 9.29 Å². The predicted octanol–water partition coefficient (Wildman–Crippen LogP) is 9.99. The Morgan fingerprint density at radius 1 is 0.677 bits per heavy atom. The van der Waals surface area contributed by atoms with E-state index in [4.69, 9.17) is 35.3 Å². The van der Waals surface area contributed by atoms with Crippen LogP contribution in [0.5, 0.6) is 23.0 Å². The Labute approximate surface area is 370 Å². The number of nitrogens with zero attached hydrogens (tertiary/aromatic N) is 2. The number of carbonyl (C=O) groups is 5. The fourth-order valence-electron chi connectivity index (χ4n) is 8.00. The van der Waals surface area contributed by atoms with E-state index in [9.17, 15) is 41.5 Å². The quantitative estimate of drug-likeness (QED) is 0.0449. The number of fused-ring (bicyclic) bond motifs is 4. The number of imide groups is 1. The second-order valence-electron chi connectivity index (χ2n) is 15.0. The van der Waals surface area contributed by atoms with Crippen molar-refractivity contribution < 1.29 is 69.6 Å². The lowest BCUT2D eigenvalue weighted by molar-refractivity contribution is -0.158. The number of amides is 3. The summed E-state index contributed by atoms with van der Waals surface area (Å²) in [6, 6.07) is 19.9. The minimum Gasteiger partial charge on any atom is -0.492 e. The number of anilines is 2. The van der Waals surface area contributed by atoms with Crippen molar-refractivity contribution >= 4 is 74.2 Å². The first-order chi connectivity index (χ1) is 31.1. The monoisotopic (exact) mass is 916 g/mol. The smallest absolute Gasteiger partial charge is 0.387 e. The number of ether oxygens (including phenoxy) is 5. The standard InChI is InChI=1S/C47H34ClF5N2O10/c1-4-61-40-27-10-6-5-9-26(27)39(64-46(50)51)30-21-54(43(58)36(30)40)33-16-13-23(17-31(33)48)18-34(56)63-35(57)19-24-14-15-25(20-32(24)49)55-44(59)37-38(45(55)60)42(65-47(52)53)29-12-8-7-11-28(29)41(37)62-22(2)3/h5-17,20,22,46-47H,4,18-19,21H2,1-3H3. The number of benzene rings is 6. The van der Waals surface area contributed by atoms with E-state index >= 15 is 4.39 Å². The molecule has 0 saturated heterocycles. The molecular weight excluding hydrogens is 883 g/mol. The van der Waals surface area contributed by atoms with Crippen molar-refractivity contribution in [3.8, 4) is 23.0 Å². The first-order valence-corrected chi connectivity index (χ1v) is 20.3. The lowest BCUT2D eigenvalue weighted by Gasteiger charge is -2.18. The predicted molar refractivity (Wildman–Crippen MR) is 226 cm³/mol. The second-order valence-corrected chi connectivity index (χ2v) is 15.4. The van der Waals surface area contributed by atoms with Gasteiger partial charge >= 0.3 is 25.2 Å². The summed E-state index contributed by atoms with van der Waals surface area (Å²) in [5, 5.41) is 1.02. The average molecular weight is 917 g/mol. The van der Waals surface area contributed by atoms with Crippen molar-refractivity contribution in [1.82, 2.24) is 0 Å². The Balaban J connectivity index is 0.966. The summed E-state index contributed by atoms with van der Waals surface area (Å²) in [5.74, 6) is -6.51. The van der Waals surface area contributed by atoms with Crippen molar-refractivity contribution in [3.05, 3.63) is 129 Å². The second kappa shape index (κ2) is 17.7. The number of hydrogen-bond donors (Lipinski definition) is 0. The van der Waals surface area contributed by atoms with Crippen molar-refractivity contribution in [3.63, 3.8) is 0 Å². The lowest BCUT2D eigenvalue weighted by Crippen LogP contribution is -2.29. The zero-order chi connectivity index (χ0) is 46.4. The highest BCUT2D eigenvalue weighted by Crippen LogP contribution is 2.49. The van der Waals surface area contributed by atoms with Crippen LogP contribution in [0.3, 0.4) is 0 Å². The highest BCUT2D eigenvalue weighted by atomic mass is 35.5. The molecule has 18 heteroatoms. The van der Waals surface area contributed by atoms with E-state index in [1.165, 1.54) is 41.3 Å². The fourth-order valence-corrected chi connectivity index (χ4v) is 8.31. The zero-order valence-corrected chi connectivity index (χ0v) is 35.1. The van der Waals surface area contributed by atoms with Gasteiger partial charge in [-0.15, -0.1) is 0 Å². The highest BCUT2D eigenvalue weighted by Gasteiger charge is 2.45. The van der Waals surface area contributed by atoms with E-state index in [2.05, 4.69) is 0 Å². The summed E-state index contributed by atoms with van der Waals surface area (Å²) in [6.07, 6.45) is -1.75. The van der Waals surface area contributed by atoms with Crippen LogP contribution in [0.1, 0.15) is 68.5 Å². The number of halogens is 6. The molecule has 0 fully saturated rings. The SMILES string of the molecule is CCOc1c2c(c(OC(F)F)c3ccccc13)CN(c1ccc(CC(=O)OC(=O)Cc3ccc(N4C(=O)c5c(c(OC(F)F)c6ccccc6c5OC(C)C)C4=O)cc3F)cc1Cl)C2=O. The molecule has 0 unspecified atom stereocenters. The number of carbonyl (C=O) groups excluding carboxylic acids is 5. The van der Waals surface area contributed by atoms with Gasteiger partial charge in [0, 0.05) is 27.1 Å². The Hall–Kier alpha value is -7.27. The molecule has 0 radical (unpaired) electrons. The summed E-state index contributed by atoms with van der Waals surface area (Å²) in [6.45, 7) is -1.53. The number of hydrogen-bond acceptors (Lipinski definition) is 10. The molecule has 6 aromatic rings. The van der Waals surface area contributed by atoms with Crippen LogP contribution in [-0.2, 0) is 33.7 Å². The fraction of sp³-hybridized carbons (Fsp3) is 0.213. The van der Waals surface area contributed by atoms with Crippen LogP contribution >= 0.6 is 11.6 Å². The van der Waals surface area contributed by atoms with E-state index in [1.807, 2.05) is 0 Å². The van der Waals surface area contributed by atoms with Crippen molar-refractivity contribution in [2.75, 3.05) is 16.4 Å². The molecule has 0 atom stereocenters. The molecule has 2 heterocycles. The van der Waals surface area contributed by atoms with Crippen LogP contribution in [0.4, 0.5) is 33.3 Å². The van der Waals surface area contributed by atoms with Gasteiger partial charge in [0.2, 0.25) is 0 Å². The molecule has 0 spiro atoms. The number of rotatable bonds is 14. The van der Waals surface area contributed by atoms with Crippen molar-refractivity contribution in [1.29, 1.82) is 0 Å². The molecule has 2 aliphatic heterocycles. The molecule has 12 nitrogen and oxygen atoms in total. The lowest BCUT2D eigenvalue weighted by atomic mass is 9.99. The Morgan fingerprint density at radius 3 is 1.78 bits per heavy atom. The van der Waals surface area contributed by atoms with Crippen molar-refractivity contribution in [2.24, 2.45) is 0 Å². The van der Waals surface area contributed by atoms with Gasteiger partial charge in [-0.1, -0.05) is 72.3 Å². The third-order valence-electron chi connectivity index (χ3n) is 10.5. The molecule has 0 aliphatic carbocycles. The van der Waals surface area contributed by atoms with Gasteiger partial charge in [0.25, 0.3) is 17.7 Å². The maximum absolute atomic E-state index is 15.6. The molecule has 8 rings (SSSR count). The van der Waals surface area contributed by atoms with Crippen LogP contribution in [0.2, 0.25) is 5.02 Å². The van der Waals surface area contributed by atoms with Gasteiger partial charge in [-0.2, -0.15) is 17.6 Å². The maximum Gasteiger partial charge on any atom is 0.387 e. The Bertz CT molecular complexity index is 2910. The third-order valence-corrected chi connectivity index (χ3v) is 10.8. The van der Waals surface area contributed by atoms with Gasteiger partial charge in [0.1, 0.15) is 28.8 Å².